The lowest BCUT2D eigenvalue weighted by molar-refractivity contribution is -0.274. The lowest BCUT2D eigenvalue weighted by atomic mass is 10.3. The van der Waals surface area contributed by atoms with Gasteiger partial charge in [-0.25, -0.2) is 4.98 Å². The van der Waals surface area contributed by atoms with Crippen molar-refractivity contribution in [1.29, 1.82) is 0 Å². The quantitative estimate of drug-likeness (QED) is 0.810. The number of halogens is 3. The first kappa shape index (κ1) is 13.5. The van der Waals surface area contributed by atoms with E-state index in [1.165, 1.54) is 29.5 Å². The van der Waals surface area contributed by atoms with Crippen molar-refractivity contribution in [1.82, 2.24) is 4.98 Å². The van der Waals surface area contributed by atoms with Gasteiger partial charge in [-0.1, -0.05) is 17.3 Å². The molecular formula is C12H9F3N2OS. The average Bonchev–Trinajstić information content (AvgIpc) is 2.70. The van der Waals surface area contributed by atoms with Gasteiger partial charge in [0.05, 0.1) is 16.8 Å². The van der Waals surface area contributed by atoms with Crippen molar-refractivity contribution in [3.8, 4) is 18.1 Å². The van der Waals surface area contributed by atoms with Crippen molar-refractivity contribution < 1.29 is 17.9 Å². The van der Waals surface area contributed by atoms with E-state index in [0.717, 1.165) is 0 Å². The van der Waals surface area contributed by atoms with Gasteiger partial charge in [-0.05, 0) is 12.1 Å². The third-order valence-electron chi connectivity index (χ3n) is 2.24. The number of alkyl halides is 3. The van der Waals surface area contributed by atoms with Crippen LogP contribution in [0.25, 0.3) is 10.2 Å². The van der Waals surface area contributed by atoms with Gasteiger partial charge < -0.3 is 9.64 Å². The first-order valence-electron chi connectivity index (χ1n) is 5.20. The summed E-state index contributed by atoms with van der Waals surface area (Å²) in [6.45, 7) is 0.381. The second-order valence-electron chi connectivity index (χ2n) is 3.73. The zero-order valence-corrected chi connectivity index (χ0v) is 10.7. The highest BCUT2D eigenvalue weighted by Gasteiger charge is 2.31. The number of hydrogen-bond donors (Lipinski definition) is 0. The molecule has 0 aliphatic carbocycles. The molecule has 0 amide bonds. The van der Waals surface area contributed by atoms with E-state index in [9.17, 15) is 13.2 Å². The van der Waals surface area contributed by atoms with Crippen LogP contribution < -0.4 is 9.64 Å². The Hall–Kier alpha value is -1.94. The van der Waals surface area contributed by atoms with Crippen LogP contribution in [0.2, 0.25) is 0 Å². The highest BCUT2D eigenvalue weighted by molar-refractivity contribution is 7.22. The van der Waals surface area contributed by atoms with E-state index in [0.29, 0.717) is 21.9 Å². The van der Waals surface area contributed by atoms with Gasteiger partial charge in [0.1, 0.15) is 5.75 Å². The maximum atomic E-state index is 12.1. The summed E-state index contributed by atoms with van der Waals surface area (Å²) in [4.78, 5) is 6.03. The number of fused-ring (bicyclic) bond motifs is 1. The summed E-state index contributed by atoms with van der Waals surface area (Å²) >= 11 is 1.26. The minimum absolute atomic E-state index is 0.255. The molecule has 2 rings (SSSR count). The average molecular weight is 286 g/mol. The molecule has 0 aliphatic rings. The monoisotopic (exact) mass is 286 g/mol. The van der Waals surface area contributed by atoms with Gasteiger partial charge in [0.25, 0.3) is 0 Å². The van der Waals surface area contributed by atoms with Crippen molar-refractivity contribution in [2.24, 2.45) is 0 Å². The Morgan fingerprint density at radius 3 is 2.84 bits per heavy atom. The molecule has 0 aliphatic heterocycles. The Labute approximate surface area is 111 Å². The summed E-state index contributed by atoms with van der Waals surface area (Å²) in [5.41, 5.74) is 0.610. The number of benzene rings is 1. The second-order valence-corrected chi connectivity index (χ2v) is 4.74. The molecule has 1 aromatic carbocycles. The lowest BCUT2D eigenvalue weighted by Gasteiger charge is -2.10. The smallest absolute Gasteiger partial charge is 0.406 e. The van der Waals surface area contributed by atoms with Crippen LogP contribution in [0.4, 0.5) is 18.3 Å². The van der Waals surface area contributed by atoms with Crippen molar-refractivity contribution in [2.45, 2.75) is 6.36 Å². The molecule has 0 radical (unpaired) electrons. The molecule has 0 fully saturated rings. The van der Waals surface area contributed by atoms with Crippen LogP contribution >= 0.6 is 11.3 Å². The fourth-order valence-corrected chi connectivity index (χ4v) is 2.41. The molecule has 0 N–H and O–H groups in total. The minimum atomic E-state index is -4.69. The Bertz CT molecular complexity index is 630. The zero-order valence-electron chi connectivity index (χ0n) is 9.86. The van der Waals surface area contributed by atoms with Gasteiger partial charge in [-0.3, -0.25) is 0 Å². The van der Waals surface area contributed by atoms with Crippen LogP contribution in [-0.2, 0) is 0 Å². The number of nitrogens with zero attached hydrogens (tertiary/aromatic N) is 2. The summed E-state index contributed by atoms with van der Waals surface area (Å²) in [6.07, 6.45) is 0.502. The van der Waals surface area contributed by atoms with Crippen LogP contribution in [0.5, 0.6) is 5.75 Å². The van der Waals surface area contributed by atoms with E-state index >= 15 is 0 Å². The number of rotatable bonds is 3. The van der Waals surface area contributed by atoms with E-state index < -0.39 is 6.36 Å². The number of anilines is 1. The van der Waals surface area contributed by atoms with Crippen LogP contribution in [0.3, 0.4) is 0 Å². The molecule has 0 saturated carbocycles. The van der Waals surface area contributed by atoms with Gasteiger partial charge in [-0.2, -0.15) is 0 Å². The van der Waals surface area contributed by atoms with Crippen LogP contribution in [0, 0.1) is 12.3 Å². The Balaban J connectivity index is 2.31. The highest BCUT2D eigenvalue weighted by atomic mass is 32.1. The highest BCUT2D eigenvalue weighted by Crippen LogP contribution is 2.32. The summed E-state index contributed by atoms with van der Waals surface area (Å²) in [6, 6.07) is 4.04. The minimum Gasteiger partial charge on any atom is -0.406 e. The zero-order chi connectivity index (χ0) is 14.0. The summed E-state index contributed by atoms with van der Waals surface area (Å²) in [7, 11) is 1.77. The molecule has 1 heterocycles. The SMILES string of the molecule is C#CCN(C)c1nc2ccc(OC(F)(F)F)cc2s1. The van der Waals surface area contributed by atoms with E-state index in [1.54, 1.807) is 11.9 Å². The summed E-state index contributed by atoms with van der Waals surface area (Å²) < 4.78 is 40.8. The number of thiazole rings is 1. The molecule has 3 nitrogen and oxygen atoms in total. The fraction of sp³-hybridized carbons (Fsp3) is 0.250. The number of aromatic nitrogens is 1. The van der Waals surface area contributed by atoms with Gasteiger partial charge in [-0.15, -0.1) is 19.6 Å². The van der Waals surface area contributed by atoms with Gasteiger partial charge in [0, 0.05) is 13.1 Å². The van der Waals surface area contributed by atoms with Crippen molar-refractivity contribution in [3.05, 3.63) is 18.2 Å². The molecule has 0 spiro atoms. The topological polar surface area (TPSA) is 25.4 Å². The summed E-state index contributed by atoms with van der Waals surface area (Å²) in [5.74, 6) is 2.22. The van der Waals surface area contributed by atoms with Crippen LogP contribution in [0.15, 0.2) is 18.2 Å². The third-order valence-corrected chi connectivity index (χ3v) is 3.37. The predicted octanol–water partition coefficient (Wildman–Crippen LogP) is 3.26. The Kier molecular flexibility index (Phi) is 3.53. The van der Waals surface area contributed by atoms with Crippen molar-refractivity contribution in [2.75, 3.05) is 18.5 Å². The Morgan fingerprint density at radius 2 is 2.21 bits per heavy atom. The fourth-order valence-electron chi connectivity index (χ4n) is 1.46. The van der Waals surface area contributed by atoms with Gasteiger partial charge in [0.2, 0.25) is 0 Å². The van der Waals surface area contributed by atoms with Crippen LogP contribution in [-0.4, -0.2) is 24.9 Å². The standard InChI is InChI=1S/C12H9F3N2OS/c1-3-6-17(2)11-16-9-5-4-8(7-10(9)19-11)18-12(13,14)15/h1,4-5,7H,6H2,2H3. The maximum absolute atomic E-state index is 12.1. The maximum Gasteiger partial charge on any atom is 0.573 e. The molecule has 2 aromatic rings. The largest absolute Gasteiger partial charge is 0.573 e. The van der Waals surface area contributed by atoms with Gasteiger partial charge in [0.15, 0.2) is 5.13 Å². The van der Waals surface area contributed by atoms with E-state index in [4.69, 9.17) is 6.42 Å². The van der Waals surface area contributed by atoms with Gasteiger partial charge >= 0.3 is 6.36 Å². The number of ether oxygens (including phenoxy) is 1. The molecular weight excluding hydrogens is 277 g/mol. The summed E-state index contributed by atoms with van der Waals surface area (Å²) in [5, 5.41) is 0.650. The molecule has 0 saturated heterocycles. The first-order chi connectivity index (χ1) is 8.89. The first-order valence-corrected chi connectivity index (χ1v) is 6.01. The Morgan fingerprint density at radius 1 is 1.47 bits per heavy atom. The number of hydrogen-bond acceptors (Lipinski definition) is 4. The van der Waals surface area contributed by atoms with E-state index in [1.807, 2.05) is 0 Å². The lowest BCUT2D eigenvalue weighted by Crippen LogP contribution is -2.16. The second kappa shape index (κ2) is 4.97. The molecule has 19 heavy (non-hydrogen) atoms. The molecule has 0 unspecified atom stereocenters. The van der Waals surface area contributed by atoms with Crippen molar-refractivity contribution >= 4 is 26.7 Å². The van der Waals surface area contributed by atoms with Crippen molar-refractivity contribution in [3.63, 3.8) is 0 Å². The molecule has 1 aromatic heterocycles. The number of terminal acetylenes is 1. The van der Waals surface area contributed by atoms with E-state index in [2.05, 4.69) is 15.6 Å². The van der Waals surface area contributed by atoms with Crippen LogP contribution in [0.1, 0.15) is 0 Å². The normalized spacial score (nSPS) is 11.3. The molecule has 0 bridgehead atoms. The molecule has 100 valence electrons. The van der Waals surface area contributed by atoms with E-state index in [-0.39, 0.29) is 5.75 Å². The predicted molar refractivity (Wildman–Crippen MR) is 68.4 cm³/mol. The third kappa shape index (κ3) is 3.29. The molecule has 7 heteroatoms. The molecule has 0 atom stereocenters.